The van der Waals surface area contributed by atoms with E-state index in [1.165, 1.54) is 0 Å². The second-order valence-corrected chi connectivity index (χ2v) is 6.23. The molecule has 2 rings (SSSR count). The smallest absolute Gasteiger partial charge is 0.341 e. The highest BCUT2D eigenvalue weighted by atomic mass is 16.5. The Morgan fingerprint density at radius 1 is 1.11 bits per heavy atom. The molecule has 0 fully saturated rings. The number of rotatable bonds is 8. The lowest BCUT2D eigenvalue weighted by Crippen LogP contribution is -2.30. The van der Waals surface area contributed by atoms with Gasteiger partial charge in [-0.15, -0.1) is 0 Å². The van der Waals surface area contributed by atoms with Gasteiger partial charge in [0.05, 0.1) is 12.6 Å². The Morgan fingerprint density at radius 2 is 1.81 bits per heavy atom. The zero-order valence-electron chi connectivity index (χ0n) is 16.1. The van der Waals surface area contributed by atoms with Gasteiger partial charge in [-0.05, 0) is 50.1 Å². The van der Waals surface area contributed by atoms with E-state index in [9.17, 15) is 9.59 Å². The number of hydrogen-bond acceptors (Lipinski definition) is 4. The van der Waals surface area contributed by atoms with Gasteiger partial charge >= 0.3 is 5.97 Å². The van der Waals surface area contributed by atoms with Crippen molar-refractivity contribution < 1.29 is 24.2 Å². The summed E-state index contributed by atoms with van der Waals surface area (Å²) in [5.41, 5.74) is 2.65. The molecule has 1 N–H and O–H groups in total. The van der Waals surface area contributed by atoms with Crippen molar-refractivity contribution >= 4 is 11.9 Å². The van der Waals surface area contributed by atoms with E-state index in [-0.39, 0.29) is 11.9 Å². The second kappa shape index (κ2) is 9.07. The molecule has 2 aromatic rings. The first-order valence-electron chi connectivity index (χ1n) is 8.79. The van der Waals surface area contributed by atoms with Crippen molar-refractivity contribution in [2.75, 3.05) is 20.3 Å². The van der Waals surface area contributed by atoms with Gasteiger partial charge in [-0.25, -0.2) is 4.79 Å². The van der Waals surface area contributed by atoms with Crippen molar-refractivity contribution in [2.45, 2.75) is 26.8 Å². The summed E-state index contributed by atoms with van der Waals surface area (Å²) in [5.74, 6) is -0.590. The summed E-state index contributed by atoms with van der Waals surface area (Å²) in [5, 5.41) is 8.78. The standard InChI is InChI=1S/C21H25NO5/c1-5-26-19-12-16(10-11-18(19)27-13-20(23)24)21(25)22(4)15(3)17-9-7-6-8-14(17)2/h6-12,15H,5,13H2,1-4H3,(H,23,24). The zero-order chi connectivity index (χ0) is 20.0. The van der Waals surface area contributed by atoms with E-state index in [0.29, 0.717) is 23.7 Å². The molecule has 1 amide bonds. The van der Waals surface area contributed by atoms with Crippen molar-refractivity contribution in [2.24, 2.45) is 0 Å². The van der Waals surface area contributed by atoms with Gasteiger partial charge in [0.15, 0.2) is 18.1 Å². The third-order valence-electron chi connectivity index (χ3n) is 4.38. The maximum Gasteiger partial charge on any atom is 0.341 e. The number of hydrogen-bond donors (Lipinski definition) is 1. The van der Waals surface area contributed by atoms with Crippen LogP contribution in [0.4, 0.5) is 0 Å². The average molecular weight is 371 g/mol. The molecule has 0 aliphatic heterocycles. The minimum atomic E-state index is -1.08. The molecule has 0 aliphatic rings. The lowest BCUT2D eigenvalue weighted by Gasteiger charge is -2.27. The molecular weight excluding hydrogens is 346 g/mol. The van der Waals surface area contributed by atoms with Crippen LogP contribution in [0.3, 0.4) is 0 Å². The zero-order valence-corrected chi connectivity index (χ0v) is 16.1. The van der Waals surface area contributed by atoms with Crippen molar-refractivity contribution in [1.29, 1.82) is 0 Å². The number of carboxylic acid groups (broad SMARTS) is 1. The van der Waals surface area contributed by atoms with Crippen molar-refractivity contribution in [1.82, 2.24) is 4.90 Å². The Hall–Kier alpha value is -3.02. The Morgan fingerprint density at radius 3 is 2.44 bits per heavy atom. The van der Waals surface area contributed by atoms with Crippen LogP contribution in [0.25, 0.3) is 0 Å². The van der Waals surface area contributed by atoms with Gasteiger partial charge in [0.25, 0.3) is 5.91 Å². The van der Waals surface area contributed by atoms with Gasteiger partial charge in [-0.3, -0.25) is 4.79 Å². The van der Waals surface area contributed by atoms with E-state index in [0.717, 1.165) is 11.1 Å². The molecule has 0 radical (unpaired) electrons. The molecule has 1 atom stereocenters. The number of aliphatic carboxylic acids is 1. The number of benzene rings is 2. The van der Waals surface area contributed by atoms with Gasteiger partial charge in [-0.1, -0.05) is 24.3 Å². The van der Waals surface area contributed by atoms with E-state index in [1.54, 1.807) is 30.1 Å². The van der Waals surface area contributed by atoms with Crippen molar-refractivity contribution in [3.05, 3.63) is 59.2 Å². The van der Waals surface area contributed by atoms with Crippen LogP contribution in [0.5, 0.6) is 11.5 Å². The molecule has 0 saturated carbocycles. The molecule has 144 valence electrons. The number of aryl methyl sites for hydroxylation is 1. The summed E-state index contributed by atoms with van der Waals surface area (Å²) < 4.78 is 10.7. The first kappa shape index (κ1) is 20.3. The van der Waals surface area contributed by atoms with E-state index in [4.69, 9.17) is 14.6 Å². The first-order valence-corrected chi connectivity index (χ1v) is 8.79. The highest BCUT2D eigenvalue weighted by molar-refractivity contribution is 5.95. The molecule has 0 aliphatic carbocycles. The largest absolute Gasteiger partial charge is 0.490 e. The molecule has 0 saturated heterocycles. The van der Waals surface area contributed by atoms with E-state index >= 15 is 0 Å². The summed E-state index contributed by atoms with van der Waals surface area (Å²) in [6, 6.07) is 12.6. The maximum absolute atomic E-state index is 12.9. The Kier molecular flexibility index (Phi) is 6.82. The van der Waals surface area contributed by atoms with Gasteiger partial charge in [0.1, 0.15) is 0 Å². The van der Waals surface area contributed by atoms with Crippen LogP contribution in [0.15, 0.2) is 42.5 Å². The van der Waals surface area contributed by atoms with E-state index in [2.05, 4.69) is 0 Å². The molecule has 0 spiro atoms. The number of carbonyl (C=O) groups excluding carboxylic acids is 1. The quantitative estimate of drug-likeness (QED) is 0.766. The highest BCUT2D eigenvalue weighted by Crippen LogP contribution is 2.30. The minimum absolute atomic E-state index is 0.0998. The fraction of sp³-hybridized carbons (Fsp3) is 0.333. The summed E-state index contributed by atoms with van der Waals surface area (Å²) in [6.45, 7) is 5.70. The predicted molar refractivity (Wildman–Crippen MR) is 102 cm³/mol. The number of ether oxygens (including phenoxy) is 2. The summed E-state index contributed by atoms with van der Waals surface area (Å²) in [4.78, 5) is 25.3. The van der Waals surface area contributed by atoms with E-state index < -0.39 is 12.6 Å². The fourth-order valence-corrected chi connectivity index (χ4v) is 2.81. The van der Waals surface area contributed by atoms with Crippen molar-refractivity contribution in [3.8, 4) is 11.5 Å². The van der Waals surface area contributed by atoms with Crippen LogP contribution in [0.1, 0.15) is 41.4 Å². The monoisotopic (exact) mass is 371 g/mol. The number of amides is 1. The average Bonchev–Trinajstić information content (AvgIpc) is 2.65. The predicted octanol–water partition coefficient (Wildman–Crippen LogP) is 3.69. The molecule has 27 heavy (non-hydrogen) atoms. The van der Waals surface area contributed by atoms with Gasteiger partial charge in [-0.2, -0.15) is 0 Å². The Bertz CT molecular complexity index is 818. The lowest BCUT2D eigenvalue weighted by molar-refractivity contribution is -0.139. The summed E-state index contributed by atoms with van der Waals surface area (Å²) >= 11 is 0. The van der Waals surface area contributed by atoms with Crippen LogP contribution < -0.4 is 9.47 Å². The Labute approximate surface area is 159 Å². The van der Waals surface area contributed by atoms with Crippen LogP contribution >= 0.6 is 0 Å². The minimum Gasteiger partial charge on any atom is -0.490 e. The van der Waals surface area contributed by atoms with Crippen LogP contribution in [0, 0.1) is 6.92 Å². The Balaban J connectivity index is 2.25. The number of carboxylic acids is 1. The number of nitrogens with zero attached hydrogens (tertiary/aromatic N) is 1. The molecule has 0 aromatic heterocycles. The molecule has 6 heteroatoms. The molecular formula is C21H25NO5. The summed E-state index contributed by atoms with van der Waals surface area (Å²) in [6.07, 6.45) is 0. The van der Waals surface area contributed by atoms with Crippen LogP contribution in [0.2, 0.25) is 0 Å². The van der Waals surface area contributed by atoms with Crippen LogP contribution in [-0.4, -0.2) is 42.1 Å². The SMILES string of the molecule is CCOc1cc(C(=O)N(C)C(C)c2ccccc2C)ccc1OCC(=O)O. The third-order valence-corrected chi connectivity index (χ3v) is 4.38. The molecule has 2 aromatic carbocycles. The molecule has 0 heterocycles. The normalized spacial score (nSPS) is 11.6. The van der Waals surface area contributed by atoms with Gasteiger partial charge in [0, 0.05) is 12.6 Å². The maximum atomic E-state index is 12.9. The lowest BCUT2D eigenvalue weighted by atomic mass is 10.0. The van der Waals surface area contributed by atoms with Gasteiger partial charge < -0.3 is 19.5 Å². The van der Waals surface area contributed by atoms with E-state index in [1.807, 2.05) is 45.0 Å². The van der Waals surface area contributed by atoms with Crippen LogP contribution in [-0.2, 0) is 4.79 Å². The summed E-state index contributed by atoms with van der Waals surface area (Å²) in [7, 11) is 1.76. The topological polar surface area (TPSA) is 76.1 Å². The molecule has 6 nitrogen and oxygen atoms in total. The number of carbonyl (C=O) groups is 2. The second-order valence-electron chi connectivity index (χ2n) is 6.23. The fourth-order valence-electron chi connectivity index (χ4n) is 2.81. The van der Waals surface area contributed by atoms with Gasteiger partial charge in [0.2, 0.25) is 0 Å². The third kappa shape index (κ3) is 5.00. The molecule has 1 unspecified atom stereocenters. The first-order chi connectivity index (χ1) is 12.8. The molecule has 0 bridgehead atoms. The highest BCUT2D eigenvalue weighted by Gasteiger charge is 2.21. The van der Waals surface area contributed by atoms with Crippen molar-refractivity contribution in [3.63, 3.8) is 0 Å².